The Morgan fingerprint density at radius 1 is 1.53 bits per heavy atom. The Bertz CT molecular complexity index is 304. The van der Waals surface area contributed by atoms with Crippen molar-refractivity contribution in [3.63, 3.8) is 0 Å². The van der Waals surface area contributed by atoms with Gasteiger partial charge in [-0.1, -0.05) is 6.07 Å². The lowest BCUT2D eigenvalue weighted by Crippen LogP contribution is -2.32. The van der Waals surface area contributed by atoms with Crippen molar-refractivity contribution >= 4 is 5.82 Å². The fourth-order valence-electron chi connectivity index (χ4n) is 1.18. The minimum atomic E-state index is 0.0503. The second-order valence-corrected chi connectivity index (χ2v) is 3.41. The van der Waals surface area contributed by atoms with E-state index < -0.39 is 0 Å². The first kappa shape index (κ1) is 11.8. The molecule has 1 rings (SSSR count). The van der Waals surface area contributed by atoms with Crippen LogP contribution in [0.2, 0.25) is 0 Å². The molecule has 0 bridgehead atoms. The number of aromatic nitrogens is 1. The molecule has 0 aromatic carbocycles. The Balaban J connectivity index is 2.80. The predicted octanol–water partition coefficient (Wildman–Crippen LogP) is 1.30. The molecule has 15 heavy (non-hydrogen) atoms. The molecular weight excluding hydrogens is 192 g/mol. The monoisotopic (exact) mass is 210 g/mol. The van der Waals surface area contributed by atoms with Crippen LogP contribution < -0.4 is 9.64 Å². The third-order valence-corrected chi connectivity index (χ3v) is 2.29. The number of aliphatic hydroxyl groups is 1. The van der Waals surface area contributed by atoms with E-state index >= 15 is 0 Å². The fourth-order valence-corrected chi connectivity index (χ4v) is 1.18. The Kier molecular flexibility index (Phi) is 4.37. The molecule has 0 radical (unpaired) electrons. The molecule has 0 aliphatic heterocycles. The van der Waals surface area contributed by atoms with Crippen molar-refractivity contribution in [1.29, 1.82) is 0 Å². The molecule has 1 aromatic heterocycles. The zero-order valence-electron chi connectivity index (χ0n) is 9.47. The highest BCUT2D eigenvalue weighted by Crippen LogP contribution is 2.16. The SMILES string of the molecule is CCOc1cccc(N(C)C(C)CO)n1. The summed E-state index contributed by atoms with van der Waals surface area (Å²) in [4.78, 5) is 6.24. The van der Waals surface area contributed by atoms with E-state index in [4.69, 9.17) is 9.84 Å². The van der Waals surface area contributed by atoms with Crippen molar-refractivity contribution in [2.75, 3.05) is 25.2 Å². The molecule has 0 aliphatic carbocycles. The second-order valence-electron chi connectivity index (χ2n) is 3.41. The lowest BCUT2D eigenvalue weighted by atomic mass is 10.3. The standard InChI is InChI=1S/C11H18N2O2/c1-4-15-11-7-5-6-10(12-11)13(3)9(2)8-14/h5-7,9,14H,4,8H2,1-3H3. The van der Waals surface area contributed by atoms with E-state index in [9.17, 15) is 0 Å². The summed E-state index contributed by atoms with van der Waals surface area (Å²) in [6.45, 7) is 4.58. The largest absolute Gasteiger partial charge is 0.478 e. The first-order chi connectivity index (χ1) is 7.19. The van der Waals surface area contributed by atoms with Crippen LogP contribution in [-0.4, -0.2) is 36.4 Å². The topological polar surface area (TPSA) is 45.6 Å². The Hall–Kier alpha value is -1.29. The third kappa shape index (κ3) is 3.09. The molecule has 4 nitrogen and oxygen atoms in total. The molecule has 1 atom stereocenters. The maximum Gasteiger partial charge on any atom is 0.215 e. The summed E-state index contributed by atoms with van der Waals surface area (Å²) in [5, 5.41) is 9.04. The lowest BCUT2D eigenvalue weighted by Gasteiger charge is -2.24. The summed E-state index contributed by atoms with van der Waals surface area (Å²) in [6.07, 6.45) is 0. The molecular formula is C11H18N2O2. The minimum Gasteiger partial charge on any atom is -0.478 e. The van der Waals surface area contributed by atoms with Crippen LogP contribution in [-0.2, 0) is 0 Å². The van der Waals surface area contributed by atoms with Gasteiger partial charge < -0.3 is 14.7 Å². The van der Waals surface area contributed by atoms with Crippen molar-refractivity contribution in [2.24, 2.45) is 0 Å². The number of ether oxygens (including phenoxy) is 1. The van der Waals surface area contributed by atoms with Crippen molar-refractivity contribution in [2.45, 2.75) is 19.9 Å². The third-order valence-electron chi connectivity index (χ3n) is 2.29. The number of anilines is 1. The molecule has 4 heteroatoms. The highest BCUT2D eigenvalue weighted by Gasteiger charge is 2.10. The molecule has 1 unspecified atom stereocenters. The van der Waals surface area contributed by atoms with Crippen LogP contribution >= 0.6 is 0 Å². The summed E-state index contributed by atoms with van der Waals surface area (Å²) in [5.74, 6) is 1.43. The molecule has 0 aliphatic rings. The molecule has 0 amide bonds. The highest BCUT2D eigenvalue weighted by atomic mass is 16.5. The number of aliphatic hydroxyl groups excluding tert-OH is 1. The van der Waals surface area contributed by atoms with Gasteiger partial charge >= 0.3 is 0 Å². The number of pyridine rings is 1. The summed E-state index contributed by atoms with van der Waals surface area (Å²) in [5.41, 5.74) is 0. The van der Waals surface area contributed by atoms with Gasteiger partial charge in [0, 0.05) is 13.1 Å². The Labute approximate surface area is 90.5 Å². The smallest absolute Gasteiger partial charge is 0.215 e. The molecule has 0 spiro atoms. The number of nitrogens with zero attached hydrogens (tertiary/aromatic N) is 2. The van der Waals surface area contributed by atoms with Gasteiger partial charge in [-0.25, -0.2) is 0 Å². The number of likely N-dealkylation sites (N-methyl/N-ethyl adjacent to an activating group) is 1. The van der Waals surface area contributed by atoms with Gasteiger partial charge in [0.15, 0.2) is 0 Å². The van der Waals surface area contributed by atoms with Gasteiger partial charge in [0.1, 0.15) is 5.82 Å². The molecule has 0 saturated heterocycles. The summed E-state index contributed by atoms with van der Waals surface area (Å²) >= 11 is 0. The van der Waals surface area contributed by atoms with Gasteiger partial charge in [0.2, 0.25) is 5.88 Å². The van der Waals surface area contributed by atoms with Gasteiger partial charge in [-0.05, 0) is 19.9 Å². The van der Waals surface area contributed by atoms with E-state index in [0.29, 0.717) is 12.5 Å². The van der Waals surface area contributed by atoms with Gasteiger partial charge in [-0.3, -0.25) is 0 Å². The van der Waals surface area contributed by atoms with Gasteiger partial charge in [0.25, 0.3) is 0 Å². The maximum atomic E-state index is 9.04. The normalized spacial score (nSPS) is 12.3. The quantitative estimate of drug-likeness (QED) is 0.795. The maximum absolute atomic E-state index is 9.04. The van der Waals surface area contributed by atoms with Gasteiger partial charge in [-0.15, -0.1) is 0 Å². The zero-order valence-corrected chi connectivity index (χ0v) is 9.47. The predicted molar refractivity (Wildman–Crippen MR) is 60.4 cm³/mol. The van der Waals surface area contributed by atoms with Crippen molar-refractivity contribution in [3.05, 3.63) is 18.2 Å². The van der Waals surface area contributed by atoms with Crippen LogP contribution in [0.4, 0.5) is 5.82 Å². The molecule has 84 valence electrons. The van der Waals surface area contributed by atoms with Crippen LogP contribution in [0.3, 0.4) is 0 Å². The van der Waals surface area contributed by atoms with E-state index in [2.05, 4.69) is 4.98 Å². The molecule has 0 fully saturated rings. The summed E-state index contributed by atoms with van der Waals surface area (Å²) in [7, 11) is 1.90. The van der Waals surface area contributed by atoms with E-state index in [1.165, 1.54) is 0 Å². The number of rotatable bonds is 5. The van der Waals surface area contributed by atoms with Crippen molar-refractivity contribution < 1.29 is 9.84 Å². The molecule has 1 heterocycles. The van der Waals surface area contributed by atoms with Crippen LogP contribution in [0.15, 0.2) is 18.2 Å². The number of hydrogen-bond acceptors (Lipinski definition) is 4. The summed E-state index contributed by atoms with van der Waals surface area (Å²) in [6, 6.07) is 5.67. The summed E-state index contributed by atoms with van der Waals surface area (Å²) < 4.78 is 5.31. The average Bonchev–Trinajstić information content (AvgIpc) is 2.28. The Morgan fingerprint density at radius 3 is 2.87 bits per heavy atom. The van der Waals surface area contributed by atoms with E-state index in [1.54, 1.807) is 0 Å². The van der Waals surface area contributed by atoms with Gasteiger partial charge in [0.05, 0.1) is 19.3 Å². The van der Waals surface area contributed by atoms with Gasteiger partial charge in [-0.2, -0.15) is 4.98 Å². The first-order valence-corrected chi connectivity index (χ1v) is 5.12. The minimum absolute atomic E-state index is 0.0503. The van der Waals surface area contributed by atoms with Crippen molar-refractivity contribution in [1.82, 2.24) is 4.98 Å². The zero-order chi connectivity index (χ0) is 11.3. The molecule has 1 N–H and O–H groups in total. The fraction of sp³-hybridized carbons (Fsp3) is 0.545. The number of hydrogen-bond donors (Lipinski definition) is 1. The van der Waals surface area contributed by atoms with Crippen LogP contribution in [0.25, 0.3) is 0 Å². The van der Waals surface area contributed by atoms with Crippen LogP contribution in [0.5, 0.6) is 5.88 Å². The molecule has 1 aromatic rings. The van der Waals surface area contributed by atoms with E-state index in [1.807, 2.05) is 44.0 Å². The first-order valence-electron chi connectivity index (χ1n) is 5.12. The molecule has 0 saturated carbocycles. The van der Waals surface area contributed by atoms with E-state index in [0.717, 1.165) is 5.82 Å². The second kappa shape index (κ2) is 5.56. The highest BCUT2D eigenvalue weighted by molar-refractivity contribution is 5.40. The lowest BCUT2D eigenvalue weighted by molar-refractivity contribution is 0.269. The Morgan fingerprint density at radius 2 is 2.27 bits per heavy atom. The average molecular weight is 210 g/mol. The van der Waals surface area contributed by atoms with Crippen LogP contribution in [0, 0.1) is 0 Å². The van der Waals surface area contributed by atoms with E-state index in [-0.39, 0.29) is 12.6 Å². The van der Waals surface area contributed by atoms with Crippen molar-refractivity contribution in [3.8, 4) is 5.88 Å². The van der Waals surface area contributed by atoms with Crippen LogP contribution in [0.1, 0.15) is 13.8 Å².